The summed E-state index contributed by atoms with van der Waals surface area (Å²) in [4.78, 5) is 19.4. The second-order valence-corrected chi connectivity index (χ2v) is 6.66. The minimum absolute atomic E-state index is 0.0680. The van der Waals surface area contributed by atoms with Crippen LogP contribution in [0.1, 0.15) is 28.7 Å². The highest BCUT2D eigenvalue weighted by molar-refractivity contribution is 9.10. The van der Waals surface area contributed by atoms with E-state index in [-0.39, 0.29) is 5.91 Å². The average Bonchev–Trinajstić information content (AvgIpc) is 2.90. The molecule has 4 nitrogen and oxygen atoms in total. The van der Waals surface area contributed by atoms with E-state index in [4.69, 9.17) is 0 Å². The third-order valence-electron chi connectivity index (χ3n) is 2.92. The highest BCUT2D eigenvalue weighted by atomic mass is 79.9. The number of thiophene rings is 1. The molecule has 0 bridgehead atoms. The molecule has 0 radical (unpaired) electrons. The SMILES string of the molecule is CCCNc1ccc(C(=O)N(C)Cc2cc(Br)cs2)nc1. The molecule has 0 saturated carbocycles. The molecule has 2 heterocycles. The van der Waals surface area contributed by atoms with Crippen LogP contribution in [0.2, 0.25) is 0 Å². The maximum absolute atomic E-state index is 12.3. The fourth-order valence-electron chi connectivity index (χ4n) is 1.83. The molecule has 21 heavy (non-hydrogen) atoms. The van der Waals surface area contributed by atoms with Gasteiger partial charge in [-0.3, -0.25) is 4.79 Å². The summed E-state index contributed by atoms with van der Waals surface area (Å²) < 4.78 is 1.05. The zero-order chi connectivity index (χ0) is 15.2. The van der Waals surface area contributed by atoms with Gasteiger partial charge >= 0.3 is 0 Å². The Morgan fingerprint density at radius 2 is 2.29 bits per heavy atom. The number of rotatable bonds is 6. The Bertz CT molecular complexity index is 597. The van der Waals surface area contributed by atoms with E-state index in [1.165, 1.54) is 0 Å². The average molecular weight is 368 g/mol. The fraction of sp³-hybridized carbons (Fsp3) is 0.333. The second-order valence-electron chi connectivity index (χ2n) is 4.75. The Kier molecular flexibility index (Phi) is 5.76. The number of nitrogens with zero attached hydrogens (tertiary/aromatic N) is 2. The van der Waals surface area contributed by atoms with E-state index < -0.39 is 0 Å². The van der Waals surface area contributed by atoms with Crippen molar-refractivity contribution < 1.29 is 4.79 Å². The summed E-state index contributed by atoms with van der Waals surface area (Å²) in [6, 6.07) is 5.69. The van der Waals surface area contributed by atoms with Crippen LogP contribution in [0.25, 0.3) is 0 Å². The molecule has 0 aliphatic carbocycles. The van der Waals surface area contributed by atoms with Crippen molar-refractivity contribution in [3.63, 3.8) is 0 Å². The molecule has 0 spiro atoms. The van der Waals surface area contributed by atoms with Crippen LogP contribution in [0.4, 0.5) is 5.69 Å². The number of carbonyl (C=O) groups is 1. The highest BCUT2D eigenvalue weighted by Crippen LogP contribution is 2.21. The van der Waals surface area contributed by atoms with Crippen molar-refractivity contribution in [2.75, 3.05) is 18.9 Å². The van der Waals surface area contributed by atoms with Crippen molar-refractivity contribution in [2.45, 2.75) is 19.9 Å². The largest absolute Gasteiger partial charge is 0.384 e. The predicted molar refractivity (Wildman–Crippen MR) is 90.8 cm³/mol. The third-order valence-corrected chi connectivity index (χ3v) is 4.61. The summed E-state index contributed by atoms with van der Waals surface area (Å²) in [7, 11) is 1.79. The van der Waals surface area contributed by atoms with Gasteiger partial charge in [0.2, 0.25) is 0 Å². The molecule has 1 amide bonds. The van der Waals surface area contributed by atoms with Crippen LogP contribution < -0.4 is 5.32 Å². The lowest BCUT2D eigenvalue weighted by Crippen LogP contribution is -2.26. The van der Waals surface area contributed by atoms with Gasteiger partial charge in [0.05, 0.1) is 18.4 Å². The number of halogens is 1. The number of nitrogens with one attached hydrogen (secondary N) is 1. The minimum Gasteiger partial charge on any atom is -0.384 e. The Hall–Kier alpha value is -1.40. The van der Waals surface area contributed by atoms with Crippen molar-refractivity contribution in [3.05, 3.63) is 44.8 Å². The molecule has 0 aliphatic heterocycles. The summed E-state index contributed by atoms with van der Waals surface area (Å²) in [5, 5.41) is 5.26. The van der Waals surface area contributed by atoms with Crippen LogP contribution >= 0.6 is 27.3 Å². The van der Waals surface area contributed by atoms with E-state index in [0.29, 0.717) is 12.2 Å². The number of carbonyl (C=O) groups excluding carboxylic acids is 1. The van der Waals surface area contributed by atoms with E-state index in [0.717, 1.165) is 28.0 Å². The van der Waals surface area contributed by atoms with E-state index in [9.17, 15) is 4.79 Å². The van der Waals surface area contributed by atoms with Crippen LogP contribution in [0.5, 0.6) is 0 Å². The molecule has 0 fully saturated rings. The quantitative estimate of drug-likeness (QED) is 0.838. The van der Waals surface area contributed by atoms with Gasteiger partial charge in [-0.1, -0.05) is 6.92 Å². The normalized spacial score (nSPS) is 10.4. The maximum atomic E-state index is 12.3. The minimum atomic E-state index is -0.0680. The van der Waals surface area contributed by atoms with E-state index in [1.807, 2.05) is 17.5 Å². The number of hydrogen-bond acceptors (Lipinski definition) is 4. The molecule has 0 aromatic carbocycles. The molecule has 0 unspecified atom stereocenters. The zero-order valence-corrected chi connectivity index (χ0v) is 14.5. The Labute approximate surface area is 137 Å². The van der Waals surface area contributed by atoms with Gasteiger partial charge in [-0.15, -0.1) is 11.3 Å². The first kappa shape index (κ1) is 16.0. The van der Waals surface area contributed by atoms with Crippen molar-refractivity contribution >= 4 is 38.9 Å². The first-order valence-electron chi connectivity index (χ1n) is 6.78. The smallest absolute Gasteiger partial charge is 0.272 e. The maximum Gasteiger partial charge on any atom is 0.272 e. The predicted octanol–water partition coefficient (Wildman–Crippen LogP) is 4.00. The summed E-state index contributed by atoms with van der Waals surface area (Å²) in [6.45, 7) is 3.60. The lowest BCUT2D eigenvalue weighted by Gasteiger charge is -2.15. The molecular formula is C15H18BrN3OS. The summed E-state index contributed by atoms with van der Waals surface area (Å²) in [5.41, 5.74) is 1.41. The van der Waals surface area contributed by atoms with Crippen molar-refractivity contribution in [1.29, 1.82) is 0 Å². The van der Waals surface area contributed by atoms with Crippen LogP contribution in [0.15, 0.2) is 34.2 Å². The summed E-state index contributed by atoms with van der Waals surface area (Å²) in [5.74, 6) is -0.0680. The van der Waals surface area contributed by atoms with E-state index in [1.54, 1.807) is 35.5 Å². The molecule has 2 rings (SSSR count). The lowest BCUT2D eigenvalue weighted by molar-refractivity contribution is 0.0780. The first-order chi connectivity index (χ1) is 10.1. The molecule has 1 N–H and O–H groups in total. The van der Waals surface area contributed by atoms with Gasteiger partial charge in [-0.2, -0.15) is 0 Å². The molecule has 0 aliphatic rings. The molecule has 2 aromatic heterocycles. The topological polar surface area (TPSA) is 45.2 Å². The number of hydrogen-bond donors (Lipinski definition) is 1. The van der Waals surface area contributed by atoms with E-state index >= 15 is 0 Å². The van der Waals surface area contributed by atoms with Crippen molar-refractivity contribution in [1.82, 2.24) is 9.88 Å². The van der Waals surface area contributed by atoms with Crippen molar-refractivity contribution in [3.8, 4) is 0 Å². The molecule has 2 aromatic rings. The van der Waals surface area contributed by atoms with E-state index in [2.05, 4.69) is 33.2 Å². The third kappa shape index (κ3) is 4.54. The summed E-state index contributed by atoms with van der Waals surface area (Å²) >= 11 is 5.05. The van der Waals surface area contributed by atoms with Gasteiger partial charge in [0.15, 0.2) is 0 Å². The highest BCUT2D eigenvalue weighted by Gasteiger charge is 2.14. The van der Waals surface area contributed by atoms with Crippen molar-refractivity contribution in [2.24, 2.45) is 0 Å². The molecule has 0 atom stereocenters. The van der Waals surface area contributed by atoms with Crippen LogP contribution in [-0.2, 0) is 6.54 Å². The van der Waals surface area contributed by atoms with Crippen LogP contribution in [0, 0.1) is 0 Å². The van der Waals surface area contributed by atoms with Gasteiger partial charge in [0.25, 0.3) is 5.91 Å². The molecule has 112 valence electrons. The fourth-order valence-corrected chi connectivity index (χ4v) is 3.34. The number of pyridine rings is 1. The first-order valence-corrected chi connectivity index (χ1v) is 8.45. The van der Waals surface area contributed by atoms with Gasteiger partial charge in [-0.25, -0.2) is 4.98 Å². The zero-order valence-electron chi connectivity index (χ0n) is 12.1. The summed E-state index contributed by atoms with van der Waals surface area (Å²) in [6.07, 6.45) is 2.76. The lowest BCUT2D eigenvalue weighted by atomic mass is 10.3. The van der Waals surface area contributed by atoms with Gasteiger partial charge in [0, 0.05) is 28.3 Å². The van der Waals surface area contributed by atoms with Gasteiger partial charge in [0.1, 0.15) is 5.69 Å². The second kappa shape index (κ2) is 7.56. The monoisotopic (exact) mass is 367 g/mol. The Morgan fingerprint density at radius 1 is 1.48 bits per heavy atom. The van der Waals surface area contributed by atoms with Gasteiger partial charge in [-0.05, 0) is 40.5 Å². The molecule has 6 heteroatoms. The standard InChI is InChI=1S/C15H18BrN3OS/c1-3-6-17-12-4-5-14(18-8-12)15(20)19(2)9-13-7-11(16)10-21-13/h4-5,7-8,10,17H,3,6,9H2,1-2H3. The Balaban J connectivity index is 1.98. The Morgan fingerprint density at radius 3 is 2.86 bits per heavy atom. The van der Waals surface area contributed by atoms with Gasteiger partial charge < -0.3 is 10.2 Å². The van der Waals surface area contributed by atoms with Crippen LogP contribution in [0.3, 0.4) is 0 Å². The number of aromatic nitrogens is 1. The molecule has 0 saturated heterocycles. The number of anilines is 1. The molecular weight excluding hydrogens is 350 g/mol. The number of amides is 1. The van der Waals surface area contributed by atoms with Crippen LogP contribution in [-0.4, -0.2) is 29.4 Å².